The Morgan fingerprint density at radius 3 is 2.79 bits per heavy atom. The maximum absolute atomic E-state index is 12.3. The van der Waals surface area contributed by atoms with Crippen LogP contribution in [0, 0.1) is 6.92 Å². The number of fused-ring (bicyclic) bond motifs is 1. The minimum atomic E-state index is -0.470. The lowest BCUT2D eigenvalue weighted by Crippen LogP contribution is -2.18. The van der Waals surface area contributed by atoms with Crippen molar-refractivity contribution in [2.24, 2.45) is 0 Å². The van der Waals surface area contributed by atoms with E-state index >= 15 is 0 Å². The third kappa shape index (κ3) is 4.56. The monoisotopic (exact) mass is 459 g/mol. The number of aromatic amines is 1. The number of para-hydroxylation sites is 1. The number of aromatic nitrogens is 5. The molecule has 0 saturated heterocycles. The summed E-state index contributed by atoms with van der Waals surface area (Å²) in [5.74, 6) is 0.469. The summed E-state index contributed by atoms with van der Waals surface area (Å²) in [5.41, 5.74) is 2.26. The number of rotatable bonds is 7. The van der Waals surface area contributed by atoms with Crippen LogP contribution in [0.4, 0.5) is 5.82 Å². The van der Waals surface area contributed by atoms with Crippen LogP contribution < -0.4 is 16.2 Å². The van der Waals surface area contributed by atoms with Gasteiger partial charge in [-0.15, -0.1) is 0 Å². The van der Waals surface area contributed by atoms with Gasteiger partial charge < -0.3 is 20.7 Å². The van der Waals surface area contributed by atoms with Crippen molar-refractivity contribution in [3.05, 3.63) is 70.2 Å². The molecule has 3 heterocycles. The van der Waals surface area contributed by atoms with Crippen LogP contribution in [0.25, 0.3) is 22.2 Å². The topological polar surface area (TPSA) is 146 Å². The molecule has 0 aliphatic heterocycles. The van der Waals surface area contributed by atoms with E-state index in [1.165, 1.54) is 6.33 Å². The molecule has 174 valence electrons. The molecule has 0 radical (unpaired) electrons. The predicted octanol–water partition coefficient (Wildman–Crippen LogP) is 2.75. The van der Waals surface area contributed by atoms with E-state index in [0.717, 1.165) is 22.9 Å². The van der Waals surface area contributed by atoms with Gasteiger partial charge in [-0.2, -0.15) is 0 Å². The molecule has 0 aliphatic carbocycles. The van der Waals surface area contributed by atoms with Crippen LogP contribution in [0.1, 0.15) is 41.0 Å². The minimum Gasteiger partial charge on any atom is -0.493 e. The number of H-pyrrole nitrogens is 1. The second-order valence-corrected chi connectivity index (χ2v) is 7.94. The number of aromatic hydroxyl groups is 1. The van der Waals surface area contributed by atoms with E-state index in [4.69, 9.17) is 0 Å². The number of nitrogens with one attached hydrogen (secondary N) is 3. The summed E-state index contributed by atoms with van der Waals surface area (Å²) < 4.78 is 0. The Morgan fingerprint density at radius 1 is 1.21 bits per heavy atom. The predicted molar refractivity (Wildman–Crippen MR) is 129 cm³/mol. The quantitative estimate of drug-likeness (QED) is 0.330. The second-order valence-electron chi connectivity index (χ2n) is 7.94. The van der Waals surface area contributed by atoms with Crippen LogP contribution in [0.5, 0.6) is 5.88 Å². The maximum Gasteiger partial charge on any atom is 0.264 e. The average molecular weight is 460 g/mol. The Bertz CT molecular complexity index is 1420. The first-order valence-corrected chi connectivity index (χ1v) is 10.8. The first-order valence-electron chi connectivity index (χ1n) is 10.8. The number of pyridine rings is 1. The van der Waals surface area contributed by atoms with Gasteiger partial charge in [-0.25, -0.2) is 15.0 Å². The van der Waals surface area contributed by atoms with E-state index in [1.807, 2.05) is 18.2 Å². The molecule has 10 heteroatoms. The van der Waals surface area contributed by atoms with Gasteiger partial charge in [0, 0.05) is 31.2 Å². The van der Waals surface area contributed by atoms with Crippen LogP contribution in [0.2, 0.25) is 0 Å². The SMILES string of the molecule is CNC(=O)c1ccnc2c([C@H](C)CCNc3cc(-c4c(O)nc(C)[nH]c4=O)ncn3)cccc12. The Hall–Kier alpha value is -4.34. The van der Waals surface area contributed by atoms with Gasteiger partial charge in [-0.1, -0.05) is 25.1 Å². The van der Waals surface area contributed by atoms with Gasteiger partial charge in [0.1, 0.15) is 23.5 Å². The molecule has 0 fully saturated rings. The first-order chi connectivity index (χ1) is 16.4. The van der Waals surface area contributed by atoms with E-state index in [0.29, 0.717) is 23.8 Å². The van der Waals surface area contributed by atoms with Crippen LogP contribution in [-0.2, 0) is 0 Å². The fourth-order valence-electron chi connectivity index (χ4n) is 3.89. The third-order valence-electron chi connectivity index (χ3n) is 5.63. The highest BCUT2D eigenvalue weighted by Crippen LogP contribution is 2.28. The third-order valence-corrected chi connectivity index (χ3v) is 5.63. The van der Waals surface area contributed by atoms with Gasteiger partial charge in [0.05, 0.1) is 16.8 Å². The zero-order valence-electron chi connectivity index (χ0n) is 19.1. The lowest BCUT2D eigenvalue weighted by atomic mass is 9.94. The standard InChI is InChI=1S/C24H25N7O3/c1-13(15-5-4-6-16-17(22(32)25-3)8-10-27-21(15)16)7-9-26-19-11-18(28-12-29-19)20-23(33)30-14(2)31-24(20)34/h4-6,8,10-13H,7,9H2,1-3H3,(H,25,32)(H,26,28,29)(H2,30,31,33,34)/t13-/m1/s1. The van der Waals surface area contributed by atoms with E-state index in [-0.39, 0.29) is 29.0 Å². The molecule has 4 N–H and O–H groups in total. The molecular formula is C24H25N7O3. The number of benzene rings is 1. The molecule has 3 aromatic heterocycles. The lowest BCUT2D eigenvalue weighted by molar-refractivity contribution is 0.0964. The van der Waals surface area contributed by atoms with Crippen molar-refractivity contribution >= 4 is 22.6 Å². The van der Waals surface area contributed by atoms with Crippen molar-refractivity contribution in [1.29, 1.82) is 0 Å². The summed E-state index contributed by atoms with van der Waals surface area (Å²) in [6.07, 6.45) is 3.75. The number of nitrogens with zero attached hydrogens (tertiary/aromatic N) is 4. The Labute approximate surface area is 195 Å². The van der Waals surface area contributed by atoms with Crippen molar-refractivity contribution in [3.63, 3.8) is 0 Å². The summed E-state index contributed by atoms with van der Waals surface area (Å²) in [6.45, 7) is 4.28. The largest absolute Gasteiger partial charge is 0.493 e. The van der Waals surface area contributed by atoms with Crippen LogP contribution >= 0.6 is 0 Å². The van der Waals surface area contributed by atoms with Crippen LogP contribution in [-0.4, -0.2) is 49.5 Å². The molecule has 1 amide bonds. The van der Waals surface area contributed by atoms with Gasteiger partial charge in [0.2, 0.25) is 5.88 Å². The number of hydrogen-bond acceptors (Lipinski definition) is 8. The molecule has 1 atom stereocenters. The highest BCUT2D eigenvalue weighted by molar-refractivity contribution is 6.06. The zero-order chi connectivity index (χ0) is 24.2. The van der Waals surface area contributed by atoms with Gasteiger partial charge in [-0.3, -0.25) is 14.6 Å². The van der Waals surface area contributed by atoms with Crippen molar-refractivity contribution in [1.82, 2.24) is 30.2 Å². The Kier molecular flexibility index (Phi) is 6.48. The van der Waals surface area contributed by atoms with E-state index in [2.05, 4.69) is 42.5 Å². The molecule has 0 bridgehead atoms. The summed E-state index contributed by atoms with van der Waals surface area (Å²) in [6, 6.07) is 9.18. The summed E-state index contributed by atoms with van der Waals surface area (Å²) in [4.78, 5) is 43.8. The van der Waals surface area contributed by atoms with E-state index < -0.39 is 5.56 Å². The lowest BCUT2D eigenvalue weighted by Gasteiger charge is -2.16. The number of carbonyl (C=O) groups is 1. The minimum absolute atomic E-state index is 0.00170. The molecule has 4 aromatic rings. The molecule has 34 heavy (non-hydrogen) atoms. The second kappa shape index (κ2) is 9.65. The van der Waals surface area contributed by atoms with Crippen LogP contribution in [0.3, 0.4) is 0 Å². The molecule has 1 aromatic carbocycles. The summed E-state index contributed by atoms with van der Waals surface area (Å²) >= 11 is 0. The molecule has 0 unspecified atom stereocenters. The van der Waals surface area contributed by atoms with Crippen molar-refractivity contribution in [2.75, 3.05) is 18.9 Å². The highest BCUT2D eigenvalue weighted by Gasteiger charge is 2.16. The van der Waals surface area contributed by atoms with Crippen molar-refractivity contribution in [3.8, 4) is 17.1 Å². The number of hydrogen-bond donors (Lipinski definition) is 4. The average Bonchev–Trinajstić information content (AvgIpc) is 2.82. The maximum atomic E-state index is 12.3. The Morgan fingerprint density at radius 2 is 2.03 bits per heavy atom. The molecular weight excluding hydrogens is 434 g/mol. The molecule has 0 saturated carbocycles. The number of carbonyl (C=O) groups excluding carboxylic acids is 1. The van der Waals surface area contributed by atoms with Crippen molar-refractivity contribution < 1.29 is 9.90 Å². The van der Waals surface area contributed by atoms with Gasteiger partial charge in [-0.05, 0) is 30.9 Å². The number of amides is 1. The van der Waals surface area contributed by atoms with Gasteiger partial charge in [0.25, 0.3) is 11.5 Å². The van der Waals surface area contributed by atoms with E-state index in [9.17, 15) is 14.7 Å². The zero-order valence-corrected chi connectivity index (χ0v) is 19.1. The fourth-order valence-corrected chi connectivity index (χ4v) is 3.89. The summed E-state index contributed by atoms with van der Waals surface area (Å²) in [5, 5.41) is 16.8. The fraction of sp³-hybridized carbons (Fsp3) is 0.250. The van der Waals surface area contributed by atoms with E-state index in [1.54, 1.807) is 32.3 Å². The number of aryl methyl sites for hydroxylation is 1. The first kappa shape index (κ1) is 22.8. The molecule has 0 aliphatic rings. The van der Waals surface area contributed by atoms with Crippen molar-refractivity contribution in [2.45, 2.75) is 26.2 Å². The summed E-state index contributed by atoms with van der Waals surface area (Å²) in [7, 11) is 1.61. The van der Waals surface area contributed by atoms with Gasteiger partial charge >= 0.3 is 0 Å². The normalized spacial score (nSPS) is 11.9. The smallest absolute Gasteiger partial charge is 0.264 e. The highest BCUT2D eigenvalue weighted by atomic mass is 16.3. The van der Waals surface area contributed by atoms with Crippen LogP contribution in [0.15, 0.2) is 47.7 Å². The molecule has 4 rings (SSSR count). The molecule has 10 nitrogen and oxygen atoms in total. The number of anilines is 1. The van der Waals surface area contributed by atoms with Gasteiger partial charge in [0.15, 0.2) is 0 Å². The molecule has 0 spiro atoms. The Balaban J connectivity index is 1.50.